The van der Waals surface area contributed by atoms with Crippen LogP contribution in [-0.4, -0.2) is 4.92 Å². The molecule has 1 heterocycles. The Bertz CT molecular complexity index is 492. The van der Waals surface area contributed by atoms with E-state index in [0.29, 0.717) is 4.34 Å². The van der Waals surface area contributed by atoms with Crippen LogP contribution in [0.5, 0.6) is 0 Å². The monoisotopic (exact) mass is 239 g/mol. The van der Waals surface area contributed by atoms with Gasteiger partial charge in [0.15, 0.2) is 0 Å². The van der Waals surface area contributed by atoms with Crippen LogP contribution in [0.25, 0.3) is 11.1 Å². The molecule has 3 nitrogen and oxygen atoms in total. The summed E-state index contributed by atoms with van der Waals surface area (Å²) in [4.78, 5) is 10.0. The molecule has 0 aliphatic carbocycles. The minimum atomic E-state index is -0.412. The number of halogens is 1. The van der Waals surface area contributed by atoms with Crippen molar-refractivity contribution in [2.75, 3.05) is 0 Å². The Morgan fingerprint density at radius 2 is 1.87 bits per heavy atom. The highest BCUT2D eigenvalue weighted by Gasteiger charge is 2.06. The van der Waals surface area contributed by atoms with Crippen molar-refractivity contribution in [2.24, 2.45) is 0 Å². The van der Waals surface area contributed by atoms with Crippen LogP contribution in [0, 0.1) is 10.1 Å². The summed E-state index contributed by atoms with van der Waals surface area (Å²) >= 11 is 7.24. The van der Waals surface area contributed by atoms with Crippen molar-refractivity contribution < 1.29 is 4.92 Å². The van der Waals surface area contributed by atoms with Gasteiger partial charge in [-0.3, -0.25) is 10.1 Å². The normalized spacial score (nSPS) is 10.2. The van der Waals surface area contributed by atoms with Crippen molar-refractivity contribution in [2.45, 2.75) is 0 Å². The number of thiophene rings is 1. The smallest absolute Gasteiger partial charge is 0.258 e. The number of rotatable bonds is 2. The van der Waals surface area contributed by atoms with E-state index in [1.807, 2.05) is 11.4 Å². The van der Waals surface area contributed by atoms with E-state index in [9.17, 15) is 10.1 Å². The van der Waals surface area contributed by atoms with Crippen molar-refractivity contribution in [3.05, 3.63) is 50.2 Å². The largest absolute Gasteiger partial charge is 0.269 e. The van der Waals surface area contributed by atoms with E-state index in [2.05, 4.69) is 0 Å². The van der Waals surface area contributed by atoms with Crippen molar-refractivity contribution in [3.63, 3.8) is 0 Å². The Morgan fingerprint density at radius 1 is 1.20 bits per heavy atom. The fourth-order valence-corrected chi connectivity index (χ4v) is 2.13. The lowest BCUT2D eigenvalue weighted by Crippen LogP contribution is -1.86. The molecule has 0 atom stereocenters. The molecule has 15 heavy (non-hydrogen) atoms. The Morgan fingerprint density at radius 3 is 2.33 bits per heavy atom. The van der Waals surface area contributed by atoms with Crippen molar-refractivity contribution >= 4 is 28.6 Å². The van der Waals surface area contributed by atoms with Gasteiger partial charge in [-0.25, -0.2) is 0 Å². The topological polar surface area (TPSA) is 43.1 Å². The van der Waals surface area contributed by atoms with E-state index in [1.165, 1.54) is 23.5 Å². The number of nitrogens with zero attached hydrogens (tertiary/aromatic N) is 1. The molecule has 0 N–H and O–H groups in total. The van der Waals surface area contributed by atoms with E-state index < -0.39 is 4.92 Å². The molecule has 2 aromatic rings. The first kappa shape index (κ1) is 10.1. The summed E-state index contributed by atoms with van der Waals surface area (Å²) in [6.07, 6.45) is 0. The van der Waals surface area contributed by atoms with Gasteiger partial charge in [0, 0.05) is 17.5 Å². The lowest BCUT2D eigenvalue weighted by Gasteiger charge is -1.96. The third kappa shape index (κ3) is 2.16. The number of hydrogen-bond acceptors (Lipinski definition) is 3. The molecule has 0 saturated carbocycles. The molecule has 0 spiro atoms. The summed E-state index contributed by atoms with van der Waals surface area (Å²) in [6.45, 7) is 0. The molecule has 0 saturated heterocycles. The van der Waals surface area contributed by atoms with Crippen molar-refractivity contribution in [3.8, 4) is 11.1 Å². The quantitative estimate of drug-likeness (QED) is 0.588. The standard InChI is InChI=1S/C10H6ClNO2S/c11-10-5-8(6-15-10)7-1-3-9(4-2-7)12(13)14/h1-6H. The second kappa shape index (κ2) is 4.00. The second-order valence-electron chi connectivity index (χ2n) is 2.94. The molecular formula is C10H6ClNO2S. The van der Waals surface area contributed by atoms with Gasteiger partial charge >= 0.3 is 0 Å². The lowest BCUT2D eigenvalue weighted by molar-refractivity contribution is -0.384. The van der Waals surface area contributed by atoms with Gasteiger partial charge < -0.3 is 0 Å². The molecule has 76 valence electrons. The fraction of sp³-hybridized carbons (Fsp3) is 0. The number of nitro groups is 1. The first-order valence-electron chi connectivity index (χ1n) is 4.15. The molecule has 0 bridgehead atoms. The highest BCUT2D eigenvalue weighted by Crippen LogP contribution is 2.29. The predicted molar refractivity (Wildman–Crippen MR) is 61.4 cm³/mol. The number of benzene rings is 1. The van der Waals surface area contributed by atoms with Crippen LogP contribution in [0.4, 0.5) is 5.69 Å². The predicted octanol–water partition coefficient (Wildman–Crippen LogP) is 3.98. The first-order chi connectivity index (χ1) is 7.16. The molecule has 0 aliphatic heterocycles. The molecule has 0 radical (unpaired) electrons. The summed E-state index contributed by atoms with van der Waals surface area (Å²) < 4.78 is 0.711. The van der Waals surface area contributed by atoms with Gasteiger partial charge in [0.1, 0.15) is 0 Å². The summed E-state index contributed by atoms with van der Waals surface area (Å²) in [5, 5.41) is 12.4. The molecule has 5 heteroatoms. The van der Waals surface area contributed by atoms with Gasteiger partial charge in [-0.2, -0.15) is 0 Å². The number of nitro benzene ring substituents is 1. The number of hydrogen-bond donors (Lipinski definition) is 0. The summed E-state index contributed by atoms with van der Waals surface area (Å²) in [5.74, 6) is 0. The van der Waals surface area contributed by atoms with Gasteiger partial charge in [-0.05, 0) is 29.3 Å². The van der Waals surface area contributed by atoms with Gasteiger partial charge in [0.05, 0.1) is 9.26 Å². The van der Waals surface area contributed by atoms with Crippen LogP contribution in [0.15, 0.2) is 35.7 Å². The molecule has 0 amide bonds. The van der Waals surface area contributed by atoms with Crippen LogP contribution in [0.2, 0.25) is 4.34 Å². The summed E-state index contributed by atoms with van der Waals surface area (Å²) in [7, 11) is 0. The highest BCUT2D eigenvalue weighted by molar-refractivity contribution is 7.14. The van der Waals surface area contributed by atoms with E-state index in [1.54, 1.807) is 12.1 Å². The molecule has 0 fully saturated rings. The maximum Gasteiger partial charge on any atom is 0.269 e. The van der Waals surface area contributed by atoms with Gasteiger partial charge in [-0.1, -0.05) is 11.6 Å². The van der Waals surface area contributed by atoms with E-state index in [0.717, 1.165) is 11.1 Å². The van der Waals surface area contributed by atoms with Crippen molar-refractivity contribution in [1.82, 2.24) is 0 Å². The van der Waals surface area contributed by atoms with Crippen LogP contribution in [-0.2, 0) is 0 Å². The molecule has 1 aromatic carbocycles. The second-order valence-corrected chi connectivity index (χ2v) is 4.49. The van der Waals surface area contributed by atoms with E-state index in [4.69, 9.17) is 11.6 Å². The van der Waals surface area contributed by atoms with Gasteiger partial charge in [0.2, 0.25) is 0 Å². The molecule has 0 aliphatic rings. The Labute approximate surface area is 95.1 Å². The van der Waals surface area contributed by atoms with E-state index >= 15 is 0 Å². The van der Waals surface area contributed by atoms with E-state index in [-0.39, 0.29) is 5.69 Å². The molecule has 1 aromatic heterocycles. The Hall–Kier alpha value is -1.39. The van der Waals surface area contributed by atoms with Crippen LogP contribution >= 0.6 is 22.9 Å². The molecule has 2 rings (SSSR count). The maximum absolute atomic E-state index is 10.4. The lowest BCUT2D eigenvalue weighted by atomic mass is 10.1. The molecule has 0 unspecified atom stereocenters. The van der Waals surface area contributed by atoms with Crippen molar-refractivity contribution in [1.29, 1.82) is 0 Å². The third-order valence-electron chi connectivity index (χ3n) is 1.98. The maximum atomic E-state index is 10.4. The fourth-order valence-electron chi connectivity index (χ4n) is 1.24. The zero-order chi connectivity index (χ0) is 10.8. The van der Waals surface area contributed by atoms with Crippen LogP contribution in [0.1, 0.15) is 0 Å². The van der Waals surface area contributed by atoms with Crippen LogP contribution < -0.4 is 0 Å². The average Bonchev–Trinajstić information content (AvgIpc) is 2.65. The number of non-ortho nitro benzene ring substituents is 1. The Balaban J connectivity index is 2.35. The zero-order valence-electron chi connectivity index (χ0n) is 7.51. The molecular weight excluding hydrogens is 234 g/mol. The summed E-state index contributed by atoms with van der Waals surface area (Å²) in [6, 6.07) is 8.25. The average molecular weight is 240 g/mol. The SMILES string of the molecule is O=[N+]([O-])c1ccc(-c2csc(Cl)c2)cc1. The zero-order valence-corrected chi connectivity index (χ0v) is 9.09. The van der Waals surface area contributed by atoms with Crippen LogP contribution in [0.3, 0.4) is 0 Å². The third-order valence-corrected chi connectivity index (χ3v) is 3.07. The first-order valence-corrected chi connectivity index (χ1v) is 5.41. The van der Waals surface area contributed by atoms with Gasteiger partial charge in [0.25, 0.3) is 5.69 Å². The Kier molecular flexibility index (Phi) is 2.70. The van der Waals surface area contributed by atoms with Gasteiger partial charge in [-0.15, -0.1) is 11.3 Å². The highest BCUT2D eigenvalue weighted by atomic mass is 35.5. The minimum absolute atomic E-state index is 0.0973. The minimum Gasteiger partial charge on any atom is -0.258 e. The summed E-state index contributed by atoms with van der Waals surface area (Å²) in [5.41, 5.74) is 2.02.